The van der Waals surface area contributed by atoms with Crippen LogP contribution < -0.4 is 27.8 Å². The third-order valence-corrected chi connectivity index (χ3v) is 7.01. The van der Waals surface area contributed by atoms with Crippen LogP contribution in [0.25, 0.3) is 17.0 Å². The lowest BCUT2D eigenvalue weighted by atomic mass is 10.3. The third-order valence-electron chi connectivity index (χ3n) is 6.69. The van der Waals surface area contributed by atoms with E-state index in [9.17, 15) is 25.0 Å². The number of anilines is 6. The predicted octanol–water partition coefficient (Wildman–Crippen LogP) is 5.86. The molecule has 9 aromatic rings. The number of nitrogens with two attached hydrogens (primary N) is 2. The first-order valence-corrected chi connectivity index (χ1v) is 17.6. The molecule has 28 heteroatoms. The number of imidazole rings is 1. The second-order valence-corrected chi connectivity index (χ2v) is 11.1. The Labute approximate surface area is 363 Å². The van der Waals surface area contributed by atoms with Crippen LogP contribution in [0.15, 0.2) is 146 Å². The number of aliphatic hydroxyl groups is 1. The summed E-state index contributed by atoms with van der Waals surface area (Å²) in [7, 11) is 1.00. The van der Waals surface area contributed by atoms with Gasteiger partial charge in [-0.1, -0.05) is 11.6 Å². The van der Waals surface area contributed by atoms with Crippen LogP contribution >= 0.6 is 11.6 Å². The second kappa shape index (κ2) is 26.5. The van der Waals surface area contributed by atoms with E-state index in [1.165, 1.54) is 79.7 Å². The van der Waals surface area contributed by atoms with Gasteiger partial charge in [0, 0.05) is 38.8 Å². The number of halogens is 1. The normalized spacial score (nSPS) is 9.36. The van der Waals surface area contributed by atoms with Crippen LogP contribution in [0.2, 0.25) is 5.02 Å². The first kappa shape index (κ1) is 48.8. The first-order valence-electron chi connectivity index (χ1n) is 17.2. The molecule has 8 N–H and O–H groups in total. The van der Waals surface area contributed by atoms with Crippen molar-refractivity contribution in [3.63, 3.8) is 0 Å². The summed E-state index contributed by atoms with van der Waals surface area (Å²) < 4.78 is 20.8. The maximum atomic E-state index is 11.6. The molecule has 0 saturated heterocycles. The molecule has 9 rings (SSSR count). The highest BCUT2D eigenvalue weighted by Crippen LogP contribution is 2.25. The quantitative estimate of drug-likeness (QED) is 0.0805. The Morgan fingerprint density at radius 2 is 1.22 bits per heavy atom. The van der Waals surface area contributed by atoms with Gasteiger partial charge in [-0.3, -0.25) is 40.2 Å². The lowest BCUT2D eigenvalue weighted by molar-refractivity contribution is -0.385. The number of nitrogens with one attached hydrogen (secondary N) is 3. The van der Waals surface area contributed by atoms with Crippen molar-refractivity contribution in [1.82, 2.24) is 49.4 Å². The molecule has 0 atom stereocenters. The smallest absolute Gasteiger partial charge is 0.334 e. The average Bonchev–Trinajstić information content (AvgIpc) is 4.17. The summed E-state index contributed by atoms with van der Waals surface area (Å²) in [4.78, 5) is 64.0. The van der Waals surface area contributed by atoms with Gasteiger partial charge in [0.25, 0.3) is 18.0 Å². The Kier molecular flexibility index (Phi) is 20.2. The van der Waals surface area contributed by atoms with Gasteiger partial charge < -0.3 is 49.9 Å². The minimum atomic E-state index is -0.574. The molecule has 64 heavy (non-hydrogen) atoms. The van der Waals surface area contributed by atoms with E-state index < -0.39 is 9.85 Å². The van der Waals surface area contributed by atoms with E-state index in [0.717, 1.165) is 25.2 Å². The Hall–Kier alpha value is -9.55. The number of hydrogen-bond donors (Lipinski definition) is 6. The molecule has 9 aromatic heterocycles. The number of aromatic nitrogens is 10. The SMILES string of the molecule is CC#N.CO.Nc1cnccc1Nc1ncco1.Nc1ncco1.O=[N+]([O-])c1cnccc1Cl.O=[N+]([O-])c1cnccc1Nc1ncco1.O=c1[nH]c2cnccc2n1-c1ncco1. The van der Waals surface area contributed by atoms with Gasteiger partial charge in [-0.15, -0.1) is 0 Å². The summed E-state index contributed by atoms with van der Waals surface area (Å²) >= 11 is 5.44. The minimum Gasteiger partial charge on any atom is -0.432 e. The van der Waals surface area contributed by atoms with Gasteiger partial charge in [0.05, 0.1) is 75.5 Å². The summed E-state index contributed by atoms with van der Waals surface area (Å²) in [5.74, 6) is 0. The molecule has 0 unspecified atom stereocenters. The molecule has 0 bridgehead atoms. The van der Waals surface area contributed by atoms with Crippen LogP contribution in [0.3, 0.4) is 0 Å². The molecule has 9 heterocycles. The Balaban J connectivity index is 0.000000212. The van der Waals surface area contributed by atoms with Crippen molar-refractivity contribution in [2.24, 2.45) is 0 Å². The van der Waals surface area contributed by atoms with E-state index in [4.69, 9.17) is 46.7 Å². The van der Waals surface area contributed by atoms with E-state index >= 15 is 0 Å². The Bertz CT molecular complexity index is 2810. The molecule has 330 valence electrons. The molecule has 0 aromatic carbocycles. The number of aromatic amines is 1. The topological polar surface area (TPSA) is 400 Å². The van der Waals surface area contributed by atoms with E-state index in [0.29, 0.717) is 22.7 Å². The number of fused-ring (bicyclic) bond motifs is 1. The summed E-state index contributed by atoms with van der Waals surface area (Å²) in [5, 5.41) is 40.7. The fourth-order valence-electron chi connectivity index (χ4n) is 4.17. The van der Waals surface area contributed by atoms with Crippen LogP contribution in [-0.4, -0.2) is 71.5 Å². The Morgan fingerprint density at radius 3 is 1.70 bits per heavy atom. The van der Waals surface area contributed by atoms with E-state index in [1.54, 1.807) is 49.2 Å². The molecule has 0 aliphatic carbocycles. The van der Waals surface area contributed by atoms with Crippen molar-refractivity contribution >= 4 is 69.1 Å². The number of pyridine rings is 4. The molecular formula is C36H34ClN17O10. The number of H-pyrrole nitrogens is 1. The molecule has 27 nitrogen and oxygen atoms in total. The monoisotopic (exact) mass is 899 g/mol. The van der Waals surface area contributed by atoms with Gasteiger partial charge >= 0.3 is 23.1 Å². The highest BCUT2D eigenvalue weighted by atomic mass is 35.5. The van der Waals surface area contributed by atoms with Crippen LogP contribution in [0, 0.1) is 31.6 Å². The second-order valence-electron chi connectivity index (χ2n) is 10.7. The highest BCUT2D eigenvalue weighted by Gasteiger charge is 2.15. The number of nitriles is 1. The Morgan fingerprint density at radius 1 is 0.719 bits per heavy atom. The zero-order valence-corrected chi connectivity index (χ0v) is 33.8. The van der Waals surface area contributed by atoms with Gasteiger partial charge in [0.15, 0.2) is 0 Å². The predicted molar refractivity (Wildman–Crippen MR) is 227 cm³/mol. The number of aliphatic hydroxyl groups excluding tert-OH is 1. The van der Waals surface area contributed by atoms with Crippen molar-refractivity contribution in [1.29, 1.82) is 5.26 Å². The van der Waals surface area contributed by atoms with Crippen LogP contribution in [0.1, 0.15) is 6.92 Å². The number of nitrogens with zero attached hydrogens (tertiary/aromatic N) is 12. The number of nitro groups is 2. The van der Waals surface area contributed by atoms with Crippen molar-refractivity contribution in [3.8, 4) is 12.1 Å². The number of oxazole rings is 4. The van der Waals surface area contributed by atoms with E-state index in [2.05, 4.69) is 59.9 Å². The maximum absolute atomic E-state index is 11.6. The lowest BCUT2D eigenvalue weighted by Gasteiger charge is -2.03. The minimum absolute atomic E-state index is 0.111. The largest absolute Gasteiger partial charge is 0.432 e. The van der Waals surface area contributed by atoms with E-state index in [-0.39, 0.29) is 45.8 Å². The van der Waals surface area contributed by atoms with Gasteiger partial charge in [-0.25, -0.2) is 29.3 Å². The third kappa shape index (κ3) is 15.6. The molecule has 0 radical (unpaired) electrons. The molecular weight excluding hydrogens is 866 g/mol. The number of rotatable bonds is 7. The summed E-state index contributed by atoms with van der Waals surface area (Å²) in [6.07, 6.45) is 23.2. The van der Waals surface area contributed by atoms with Gasteiger partial charge in [-0.05, 0) is 24.3 Å². The summed E-state index contributed by atoms with van der Waals surface area (Å²) in [6.45, 7) is 1.43. The lowest BCUT2D eigenvalue weighted by Crippen LogP contribution is -2.14. The van der Waals surface area contributed by atoms with Crippen LogP contribution in [0.5, 0.6) is 0 Å². The number of nitrogen functional groups attached to an aromatic ring is 2. The number of hydrogen-bond acceptors (Lipinski definition) is 23. The highest BCUT2D eigenvalue weighted by molar-refractivity contribution is 6.32. The molecule has 0 spiro atoms. The van der Waals surface area contributed by atoms with Crippen molar-refractivity contribution in [2.45, 2.75) is 6.92 Å². The fraction of sp³-hybridized carbons (Fsp3) is 0.0556. The average molecular weight is 900 g/mol. The van der Waals surface area contributed by atoms with Gasteiger partial charge in [0.1, 0.15) is 48.2 Å². The molecule has 0 aliphatic rings. The van der Waals surface area contributed by atoms with Crippen molar-refractivity contribution < 1.29 is 32.6 Å². The summed E-state index contributed by atoms with van der Waals surface area (Å²) in [5.41, 5.74) is 13.0. The molecule has 0 fully saturated rings. The van der Waals surface area contributed by atoms with Gasteiger partial charge in [-0.2, -0.15) is 5.26 Å². The van der Waals surface area contributed by atoms with E-state index in [1.807, 2.05) is 0 Å². The summed E-state index contributed by atoms with van der Waals surface area (Å²) in [6, 6.07) is 9.15. The standard InChI is InChI=1S/C9H6N4O2.C8H6N4O3.C8H8N4O.C5H3ClN2O2.C3H4N2O.C2H3N.CH4O/c14-8-12-6-5-10-2-1-7(6)13(8)9-11-3-4-15-9;13-12(14)7-5-9-2-1-6(7)11-8-10-3-4-15-8;9-6-5-10-2-1-7(6)12-8-11-3-4-13-8;6-4-1-2-7-3-5(4)8(9)10;4-3-5-1-2-6-3;1-2-3;1-2/h1-5H,(H,12,14);1-5H,(H,9,10,11);1-5H,9H2,(H,10,11,12);1-3H;1-2H,(H2,4,5);1H3;2H,1H3. The van der Waals surface area contributed by atoms with Gasteiger partial charge in [0.2, 0.25) is 0 Å². The van der Waals surface area contributed by atoms with Crippen molar-refractivity contribution in [2.75, 3.05) is 29.2 Å². The molecule has 0 aliphatic heterocycles. The van der Waals surface area contributed by atoms with Crippen LogP contribution in [-0.2, 0) is 0 Å². The zero-order valence-electron chi connectivity index (χ0n) is 33.1. The molecule has 0 saturated carbocycles. The van der Waals surface area contributed by atoms with Crippen LogP contribution in [0.4, 0.5) is 46.5 Å². The maximum Gasteiger partial charge on any atom is 0.334 e. The fourth-order valence-corrected chi connectivity index (χ4v) is 4.35. The van der Waals surface area contributed by atoms with Crippen molar-refractivity contribution in [3.05, 3.63) is 159 Å². The zero-order chi connectivity index (χ0) is 46.7. The first-order chi connectivity index (χ1) is 31.0. The molecule has 0 amide bonds.